The first-order valence-electron chi connectivity index (χ1n) is 12.1. The number of esters is 2. The summed E-state index contributed by atoms with van der Waals surface area (Å²) in [5, 5.41) is 0. The van der Waals surface area contributed by atoms with Gasteiger partial charge >= 0.3 is 11.9 Å². The largest absolute Gasteiger partial charge is 0.418 e. The van der Waals surface area contributed by atoms with Crippen molar-refractivity contribution >= 4 is 47.2 Å². The molecule has 0 radical (unpaired) electrons. The number of aromatic amines is 1. The van der Waals surface area contributed by atoms with Crippen molar-refractivity contribution in [1.82, 2.24) is 4.98 Å². The van der Waals surface area contributed by atoms with Gasteiger partial charge in [-0.15, -0.1) is 0 Å². The summed E-state index contributed by atoms with van der Waals surface area (Å²) in [7, 11) is 0. The Kier molecular flexibility index (Phi) is 4.73. The van der Waals surface area contributed by atoms with Gasteiger partial charge in [0.15, 0.2) is 14.5 Å². The predicted molar refractivity (Wildman–Crippen MR) is 134 cm³/mol. The minimum atomic E-state index is -0.991. The monoisotopic (exact) mass is 569 g/mol. The van der Waals surface area contributed by atoms with Gasteiger partial charge in [0.2, 0.25) is 6.33 Å². The van der Waals surface area contributed by atoms with E-state index in [9.17, 15) is 9.59 Å². The van der Waals surface area contributed by atoms with Crippen LogP contribution < -0.4 is 4.57 Å². The Morgan fingerprint density at radius 3 is 2.21 bits per heavy atom. The molecule has 6 nitrogen and oxygen atoms in total. The number of hydrogen-bond donors (Lipinski definition) is 1. The first-order valence-corrected chi connectivity index (χ1v) is 14.3. The molecular formula is C27H26IN2O4+. The third-order valence-corrected chi connectivity index (χ3v) is 11.0. The van der Waals surface area contributed by atoms with Crippen LogP contribution >= 0.6 is 20.7 Å². The molecule has 4 bridgehead atoms. The molecule has 5 fully saturated rings. The van der Waals surface area contributed by atoms with Crippen molar-refractivity contribution in [1.29, 1.82) is 0 Å². The smallest absolute Gasteiger partial charge is 0.354 e. The first-order chi connectivity index (χ1) is 16.6. The number of aromatic nitrogens is 2. The lowest BCUT2D eigenvalue weighted by Gasteiger charge is -2.59. The van der Waals surface area contributed by atoms with Gasteiger partial charge < -0.3 is 9.47 Å². The summed E-state index contributed by atoms with van der Waals surface area (Å²) < 4.78 is 15.5. The van der Waals surface area contributed by atoms with Crippen LogP contribution in [0, 0.1) is 27.2 Å². The summed E-state index contributed by atoms with van der Waals surface area (Å²) in [5.74, 6) is -0.0799. The Morgan fingerprint density at radius 1 is 0.882 bits per heavy atom. The van der Waals surface area contributed by atoms with E-state index in [4.69, 9.17) is 9.47 Å². The molecule has 4 saturated carbocycles. The molecule has 4 aliphatic carbocycles. The summed E-state index contributed by atoms with van der Waals surface area (Å²) in [5.41, 5.74) is 3.42. The molecule has 8 rings (SSSR count). The summed E-state index contributed by atoms with van der Waals surface area (Å²) >= 11 is -0.968. The summed E-state index contributed by atoms with van der Waals surface area (Å²) in [6.45, 7) is 0.747. The SMILES string of the molecule is O=C1OC2(OC(=O)C1=Ic1ccc(C[n+]3c[nH]c4ccccc43)cc1)C1CC3CC(C1)CC2C3. The lowest BCUT2D eigenvalue weighted by Crippen LogP contribution is -2.65. The molecule has 1 saturated heterocycles. The van der Waals surface area contributed by atoms with Gasteiger partial charge in [0.1, 0.15) is 6.54 Å². The van der Waals surface area contributed by atoms with Crippen molar-refractivity contribution in [3.8, 4) is 0 Å². The first kappa shape index (κ1) is 20.8. The highest BCUT2D eigenvalue weighted by atomic mass is 127. The van der Waals surface area contributed by atoms with Crippen LogP contribution in [-0.4, -0.2) is 26.2 Å². The van der Waals surface area contributed by atoms with Gasteiger partial charge in [-0.3, -0.25) is 0 Å². The standard InChI is InChI=1S/C27H25IN2O4/c31-25-24(26(32)34-27(33-25)19-10-17-9-18(12-19)13-20(27)11-17)28-21-7-5-16(6-8-21)14-30-15-29-22-3-1-2-4-23(22)30/h1-8,15,17-20H,9-14H2/p+1. The molecule has 34 heavy (non-hydrogen) atoms. The normalized spacial score (nSPS) is 31.8. The van der Waals surface area contributed by atoms with E-state index in [0.717, 1.165) is 52.4 Å². The molecule has 0 atom stereocenters. The molecule has 5 aliphatic rings. The molecule has 0 amide bonds. The summed E-state index contributed by atoms with van der Waals surface area (Å²) in [6.07, 6.45) is 7.36. The van der Waals surface area contributed by atoms with Crippen molar-refractivity contribution < 1.29 is 23.6 Å². The quantitative estimate of drug-likeness (QED) is 0.294. The molecule has 7 heteroatoms. The van der Waals surface area contributed by atoms with Crippen LogP contribution in [0.4, 0.5) is 0 Å². The number of nitrogens with one attached hydrogen (secondary N) is 1. The second-order valence-corrected chi connectivity index (χ2v) is 13.1. The third kappa shape index (κ3) is 3.26. The van der Waals surface area contributed by atoms with Gasteiger partial charge in [0.25, 0.3) is 5.79 Å². The number of imidazole rings is 1. The average Bonchev–Trinajstić information content (AvgIpc) is 3.23. The second kappa shape index (κ2) is 7.73. The number of ether oxygens (including phenoxy) is 2. The summed E-state index contributed by atoms with van der Waals surface area (Å²) in [4.78, 5) is 29.4. The number of para-hydroxylation sites is 2. The number of rotatable bonds is 3. The van der Waals surface area contributed by atoms with Gasteiger partial charge in [0, 0.05) is 15.4 Å². The number of nitrogens with zero attached hydrogens (tertiary/aromatic N) is 1. The zero-order valence-electron chi connectivity index (χ0n) is 18.7. The Morgan fingerprint density at radius 2 is 1.53 bits per heavy atom. The molecule has 3 aromatic rings. The minimum absolute atomic E-state index is 0.178. The van der Waals surface area contributed by atoms with Crippen LogP contribution in [0.25, 0.3) is 11.0 Å². The molecule has 1 aliphatic heterocycles. The Hall–Kier alpha value is -2.55. The molecule has 2 aromatic carbocycles. The van der Waals surface area contributed by atoms with E-state index in [1.807, 2.05) is 30.6 Å². The fourth-order valence-electron chi connectivity index (χ4n) is 6.89. The van der Waals surface area contributed by atoms with E-state index < -0.39 is 38.5 Å². The van der Waals surface area contributed by atoms with Gasteiger partial charge in [-0.1, -0.05) is 45.0 Å². The maximum atomic E-state index is 13.1. The van der Waals surface area contributed by atoms with Gasteiger partial charge in [-0.05, 0) is 73.8 Å². The molecule has 2 heterocycles. The maximum Gasteiger partial charge on any atom is 0.354 e. The lowest BCUT2D eigenvalue weighted by atomic mass is 9.53. The molecule has 174 valence electrons. The van der Waals surface area contributed by atoms with E-state index in [-0.39, 0.29) is 15.3 Å². The van der Waals surface area contributed by atoms with E-state index in [1.54, 1.807) is 0 Å². The second-order valence-electron chi connectivity index (χ2n) is 10.3. The summed E-state index contributed by atoms with van der Waals surface area (Å²) in [6, 6.07) is 16.4. The number of benzene rings is 2. The van der Waals surface area contributed by atoms with Crippen LogP contribution in [0.2, 0.25) is 0 Å². The van der Waals surface area contributed by atoms with Crippen molar-refractivity contribution in [2.75, 3.05) is 0 Å². The van der Waals surface area contributed by atoms with Gasteiger partial charge in [0.05, 0.1) is 0 Å². The fraction of sp³-hybridized carbons (Fsp3) is 0.407. The Labute approximate surface area is 207 Å². The zero-order chi connectivity index (χ0) is 22.9. The van der Waals surface area contributed by atoms with E-state index >= 15 is 0 Å². The number of carbonyl (C=O) groups is 2. The highest BCUT2D eigenvalue weighted by Gasteiger charge is 2.64. The van der Waals surface area contributed by atoms with Crippen molar-refractivity contribution in [3.05, 3.63) is 64.0 Å². The highest BCUT2D eigenvalue weighted by Crippen LogP contribution is 2.60. The van der Waals surface area contributed by atoms with Crippen molar-refractivity contribution in [2.24, 2.45) is 23.7 Å². The molecule has 1 spiro atoms. The van der Waals surface area contributed by atoms with E-state index in [1.165, 1.54) is 6.42 Å². The van der Waals surface area contributed by atoms with Crippen LogP contribution in [0.5, 0.6) is 0 Å². The van der Waals surface area contributed by atoms with Crippen LogP contribution in [-0.2, 0) is 25.6 Å². The topological polar surface area (TPSA) is 72.3 Å². The minimum Gasteiger partial charge on any atom is -0.418 e. The molecule has 0 unspecified atom stereocenters. The van der Waals surface area contributed by atoms with Crippen molar-refractivity contribution in [2.45, 2.75) is 44.4 Å². The van der Waals surface area contributed by atoms with Crippen LogP contribution in [0.1, 0.15) is 37.7 Å². The Bertz CT molecular complexity index is 1290. The average molecular weight is 569 g/mol. The van der Waals surface area contributed by atoms with Crippen molar-refractivity contribution in [3.63, 3.8) is 0 Å². The number of H-pyrrole nitrogens is 1. The molecular weight excluding hydrogens is 543 g/mol. The molecule has 1 aromatic heterocycles. The zero-order valence-corrected chi connectivity index (χ0v) is 20.9. The highest BCUT2D eigenvalue weighted by molar-refractivity contribution is 14.2. The van der Waals surface area contributed by atoms with Gasteiger partial charge in [-0.25, -0.2) is 19.1 Å². The lowest BCUT2D eigenvalue weighted by molar-refractivity contribution is -0.662. The number of carbonyl (C=O) groups excluding carboxylic acids is 2. The van der Waals surface area contributed by atoms with Crippen LogP contribution in [0.3, 0.4) is 0 Å². The van der Waals surface area contributed by atoms with E-state index in [2.05, 4.69) is 33.8 Å². The van der Waals surface area contributed by atoms with E-state index in [0.29, 0.717) is 11.8 Å². The molecule has 1 N–H and O–H groups in total. The third-order valence-electron chi connectivity index (χ3n) is 8.20. The van der Waals surface area contributed by atoms with Crippen LogP contribution in [0.15, 0.2) is 54.9 Å². The Balaban J connectivity index is 1.10. The maximum absolute atomic E-state index is 13.1. The number of hydrogen-bond acceptors (Lipinski definition) is 4. The van der Waals surface area contributed by atoms with Gasteiger partial charge in [-0.2, -0.15) is 0 Å². The number of fused-ring (bicyclic) bond motifs is 1. The number of halogens is 1. The fourth-order valence-corrected chi connectivity index (χ4v) is 8.89. The predicted octanol–water partition coefficient (Wildman–Crippen LogP) is 4.07.